The molecular weight excluding hydrogens is 527 g/mol. The van der Waals surface area contributed by atoms with E-state index in [4.69, 9.17) is 21.4 Å². The largest absolute Gasteiger partial charge is 0.490 e. The van der Waals surface area contributed by atoms with Gasteiger partial charge in [-0.2, -0.15) is 13.2 Å². The van der Waals surface area contributed by atoms with Gasteiger partial charge in [-0.05, 0) is 67.8 Å². The van der Waals surface area contributed by atoms with E-state index >= 15 is 0 Å². The highest BCUT2D eigenvalue weighted by atomic mass is 19.4. The zero-order chi connectivity index (χ0) is 29.3. The van der Waals surface area contributed by atoms with E-state index in [0.29, 0.717) is 30.3 Å². The monoisotopic (exact) mass is 559 g/mol. The Bertz CT molecular complexity index is 1270. The number of rotatable bonds is 8. The minimum Gasteiger partial charge on any atom is -0.475 e. The number of hydrogen-bond donors (Lipinski definition) is 5. The summed E-state index contributed by atoms with van der Waals surface area (Å²) >= 11 is 0. The lowest BCUT2D eigenvalue weighted by atomic mass is 9.81. The number of benzene rings is 2. The van der Waals surface area contributed by atoms with Gasteiger partial charge in [-0.1, -0.05) is 42.5 Å². The molecule has 0 spiro atoms. The summed E-state index contributed by atoms with van der Waals surface area (Å²) < 4.78 is 31.7. The molecule has 0 saturated heterocycles. The van der Waals surface area contributed by atoms with E-state index in [1.54, 1.807) is 18.3 Å². The van der Waals surface area contributed by atoms with Crippen LogP contribution in [-0.4, -0.2) is 45.6 Å². The molecule has 214 valence electrons. The molecule has 40 heavy (non-hydrogen) atoms. The summed E-state index contributed by atoms with van der Waals surface area (Å²) in [7, 11) is 0. The van der Waals surface area contributed by atoms with Crippen molar-refractivity contribution in [3.05, 3.63) is 77.7 Å². The Morgan fingerprint density at radius 3 is 2.15 bits per heavy atom. The quantitative estimate of drug-likeness (QED) is 0.280. The molecule has 4 rings (SSSR count). The Morgan fingerprint density at radius 1 is 1.02 bits per heavy atom. The minimum absolute atomic E-state index is 0.0156. The maximum Gasteiger partial charge on any atom is 0.490 e. The number of aromatic nitrogens is 2. The fourth-order valence-corrected chi connectivity index (χ4v) is 4.49. The van der Waals surface area contributed by atoms with Gasteiger partial charge in [-0.25, -0.2) is 9.78 Å². The van der Waals surface area contributed by atoms with Gasteiger partial charge in [-0.3, -0.25) is 9.59 Å². The molecule has 2 amide bonds. The van der Waals surface area contributed by atoms with Crippen molar-refractivity contribution in [3.8, 4) is 11.3 Å². The normalized spacial score (nSPS) is 17.7. The number of amides is 2. The molecule has 1 fully saturated rings. The number of hydrogen-bond acceptors (Lipinski definition) is 5. The third-order valence-corrected chi connectivity index (χ3v) is 6.80. The number of aliphatic carboxylic acids is 1. The Kier molecular flexibility index (Phi) is 10.4. The molecule has 1 atom stereocenters. The van der Waals surface area contributed by atoms with Gasteiger partial charge in [0.25, 0.3) is 0 Å². The zero-order valence-corrected chi connectivity index (χ0v) is 21.7. The zero-order valence-electron chi connectivity index (χ0n) is 21.7. The van der Waals surface area contributed by atoms with Gasteiger partial charge in [0.15, 0.2) is 0 Å². The standard InChI is InChI=1S/C26H31N5O2.C2HF3O2/c27-15-18-6-8-21(9-7-18)26(33)31-22(14-17-4-2-1-3-5-17)25-29-16-23(30-25)19-10-12-20(13-11-19)24(28)32;3-2(4,5)1(6)7/h1-5,10-13,16,18,21-22H,6-9,14-15,27H2,(H2,28,32)(H,29,30)(H,31,33);(H,6,7)/t18?,21?,22-;/m0./s1. The molecule has 0 unspecified atom stereocenters. The van der Waals surface area contributed by atoms with Crippen molar-refractivity contribution in [2.45, 2.75) is 44.3 Å². The number of nitrogens with zero attached hydrogens (tertiary/aromatic N) is 1. The summed E-state index contributed by atoms with van der Waals surface area (Å²) in [6.45, 7) is 0.695. The van der Waals surface area contributed by atoms with E-state index in [0.717, 1.165) is 42.5 Å². The lowest BCUT2D eigenvalue weighted by molar-refractivity contribution is -0.192. The third kappa shape index (κ3) is 8.67. The Balaban J connectivity index is 0.000000559. The van der Waals surface area contributed by atoms with Crippen molar-refractivity contribution in [3.63, 3.8) is 0 Å². The second-order valence-corrected chi connectivity index (χ2v) is 9.63. The molecule has 0 radical (unpaired) electrons. The van der Waals surface area contributed by atoms with Crippen LogP contribution in [0, 0.1) is 11.8 Å². The highest BCUT2D eigenvalue weighted by Gasteiger charge is 2.38. The van der Waals surface area contributed by atoms with Crippen molar-refractivity contribution >= 4 is 17.8 Å². The van der Waals surface area contributed by atoms with Crippen molar-refractivity contribution in [2.24, 2.45) is 23.3 Å². The van der Waals surface area contributed by atoms with Gasteiger partial charge in [-0.15, -0.1) is 0 Å². The molecule has 1 aliphatic rings. The van der Waals surface area contributed by atoms with Gasteiger partial charge in [0.05, 0.1) is 17.9 Å². The molecule has 0 bridgehead atoms. The van der Waals surface area contributed by atoms with Crippen LogP contribution in [0.2, 0.25) is 0 Å². The Morgan fingerprint density at radius 2 is 1.62 bits per heavy atom. The number of H-pyrrole nitrogens is 1. The van der Waals surface area contributed by atoms with Gasteiger partial charge in [0, 0.05) is 11.5 Å². The fraction of sp³-hybridized carbons (Fsp3) is 0.357. The molecule has 9 nitrogen and oxygen atoms in total. The van der Waals surface area contributed by atoms with Crippen LogP contribution in [0.25, 0.3) is 11.3 Å². The van der Waals surface area contributed by atoms with Crippen LogP contribution in [0.5, 0.6) is 0 Å². The number of imidazole rings is 1. The molecule has 1 aliphatic carbocycles. The lowest BCUT2D eigenvalue weighted by Gasteiger charge is -2.28. The number of aromatic amines is 1. The van der Waals surface area contributed by atoms with E-state index in [9.17, 15) is 22.8 Å². The van der Waals surface area contributed by atoms with Gasteiger partial charge < -0.3 is 26.9 Å². The average Bonchev–Trinajstić information content (AvgIpc) is 3.43. The number of carboxylic acid groups (broad SMARTS) is 1. The fourth-order valence-electron chi connectivity index (χ4n) is 4.49. The van der Waals surface area contributed by atoms with Gasteiger partial charge >= 0.3 is 12.1 Å². The first-order chi connectivity index (χ1) is 19.0. The molecule has 1 aromatic heterocycles. The molecule has 0 aliphatic heterocycles. The summed E-state index contributed by atoms with van der Waals surface area (Å²) in [5.41, 5.74) is 14.4. The predicted molar refractivity (Wildman–Crippen MR) is 142 cm³/mol. The van der Waals surface area contributed by atoms with Crippen LogP contribution >= 0.6 is 0 Å². The molecular formula is C28H32F3N5O4. The number of carbonyl (C=O) groups excluding carboxylic acids is 2. The second-order valence-electron chi connectivity index (χ2n) is 9.63. The molecule has 3 aromatic rings. The van der Waals surface area contributed by atoms with E-state index < -0.39 is 18.1 Å². The topological polar surface area (TPSA) is 164 Å². The number of primary amides is 1. The van der Waals surface area contributed by atoms with Crippen molar-refractivity contribution in [2.75, 3.05) is 6.54 Å². The number of nitrogens with one attached hydrogen (secondary N) is 2. The van der Waals surface area contributed by atoms with E-state index in [1.807, 2.05) is 30.3 Å². The number of carbonyl (C=O) groups is 3. The first kappa shape index (κ1) is 30.4. The number of nitrogens with two attached hydrogens (primary N) is 2. The van der Waals surface area contributed by atoms with Crippen LogP contribution in [0.15, 0.2) is 60.8 Å². The summed E-state index contributed by atoms with van der Waals surface area (Å²) in [6.07, 6.45) is 1.07. The van der Waals surface area contributed by atoms with Crippen molar-refractivity contribution < 1.29 is 32.7 Å². The van der Waals surface area contributed by atoms with E-state index in [-0.39, 0.29) is 17.9 Å². The lowest BCUT2D eigenvalue weighted by Crippen LogP contribution is -2.37. The second kappa shape index (κ2) is 13.7. The first-order valence-electron chi connectivity index (χ1n) is 12.8. The SMILES string of the molecule is NCC1CCC(C(=O)N[C@@H](Cc2ccccc2)c2ncc(-c3ccc(C(N)=O)cc3)[nH]2)CC1.O=C(O)C(F)(F)F. The van der Waals surface area contributed by atoms with Crippen molar-refractivity contribution in [1.29, 1.82) is 0 Å². The number of alkyl halides is 3. The Labute approximate surface area is 229 Å². The average molecular weight is 560 g/mol. The number of carboxylic acids is 1. The summed E-state index contributed by atoms with van der Waals surface area (Å²) in [4.78, 5) is 41.3. The van der Waals surface area contributed by atoms with Crippen LogP contribution < -0.4 is 16.8 Å². The van der Waals surface area contributed by atoms with Crippen molar-refractivity contribution in [1.82, 2.24) is 15.3 Å². The smallest absolute Gasteiger partial charge is 0.475 e. The Hall–Kier alpha value is -4.19. The molecule has 7 N–H and O–H groups in total. The maximum atomic E-state index is 13.1. The highest BCUT2D eigenvalue weighted by molar-refractivity contribution is 5.93. The third-order valence-electron chi connectivity index (χ3n) is 6.80. The van der Waals surface area contributed by atoms with E-state index in [1.165, 1.54) is 0 Å². The summed E-state index contributed by atoms with van der Waals surface area (Å²) in [5.74, 6) is -1.89. The summed E-state index contributed by atoms with van der Waals surface area (Å²) in [6, 6.07) is 16.9. The minimum atomic E-state index is -5.08. The van der Waals surface area contributed by atoms with Crippen LogP contribution in [0.4, 0.5) is 13.2 Å². The van der Waals surface area contributed by atoms with Gasteiger partial charge in [0.1, 0.15) is 5.82 Å². The predicted octanol–water partition coefficient (Wildman–Crippen LogP) is 3.97. The maximum absolute atomic E-state index is 13.1. The molecule has 12 heteroatoms. The van der Waals surface area contributed by atoms with Crippen LogP contribution in [0.3, 0.4) is 0 Å². The summed E-state index contributed by atoms with van der Waals surface area (Å²) in [5, 5.41) is 10.4. The molecule has 2 aromatic carbocycles. The molecule has 1 saturated carbocycles. The van der Waals surface area contributed by atoms with E-state index in [2.05, 4.69) is 27.4 Å². The molecule has 1 heterocycles. The number of halogens is 3. The first-order valence-corrected chi connectivity index (χ1v) is 12.8. The van der Waals surface area contributed by atoms with Gasteiger partial charge in [0.2, 0.25) is 11.8 Å². The van der Waals surface area contributed by atoms with Crippen LogP contribution in [0.1, 0.15) is 53.5 Å². The van der Waals surface area contributed by atoms with Crippen LogP contribution in [-0.2, 0) is 16.0 Å². The highest BCUT2D eigenvalue weighted by Crippen LogP contribution is 2.29.